The summed E-state index contributed by atoms with van der Waals surface area (Å²) in [6.45, 7) is 7.28. The average molecular weight is 249 g/mol. The summed E-state index contributed by atoms with van der Waals surface area (Å²) in [4.78, 5) is 0. The van der Waals surface area contributed by atoms with Crippen LogP contribution in [0.15, 0.2) is 18.2 Å². The maximum atomic E-state index is 13.7. The van der Waals surface area contributed by atoms with Crippen molar-refractivity contribution in [2.24, 2.45) is 11.8 Å². The van der Waals surface area contributed by atoms with Crippen LogP contribution in [0.3, 0.4) is 0 Å². The standard InChI is InChI=1S/C16H24FN/c1-4-9-18-16(12(3)13-7-8-13)14-6-5-11(2)15(17)10-14/h5-6,10,12-13,16,18H,4,7-9H2,1-3H3. The molecule has 1 aliphatic carbocycles. The minimum atomic E-state index is -0.0844. The van der Waals surface area contributed by atoms with Gasteiger partial charge in [-0.1, -0.05) is 26.0 Å². The number of hydrogen-bond donors (Lipinski definition) is 1. The van der Waals surface area contributed by atoms with Crippen LogP contribution >= 0.6 is 0 Å². The maximum absolute atomic E-state index is 13.7. The molecular weight excluding hydrogens is 225 g/mol. The Balaban J connectivity index is 2.17. The lowest BCUT2D eigenvalue weighted by Gasteiger charge is -2.26. The summed E-state index contributed by atoms with van der Waals surface area (Å²) in [6.07, 6.45) is 3.78. The van der Waals surface area contributed by atoms with E-state index in [0.717, 1.165) is 30.0 Å². The van der Waals surface area contributed by atoms with E-state index in [1.807, 2.05) is 13.0 Å². The lowest BCUT2D eigenvalue weighted by Crippen LogP contribution is -2.28. The van der Waals surface area contributed by atoms with Gasteiger partial charge >= 0.3 is 0 Å². The van der Waals surface area contributed by atoms with Crippen LogP contribution in [0.5, 0.6) is 0 Å². The van der Waals surface area contributed by atoms with E-state index in [2.05, 4.69) is 25.2 Å². The highest BCUT2D eigenvalue weighted by Crippen LogP contribution is 2.42. The van der Waals surface area contributed by atoms with Gasteiger partial charge in [-0.2, -0.15) is 0 Å². The fourth-order valence-electron chi connectivity index (χ4n) is 2.60. The van der Waals surface area contributed by atoms with Crippen LogP contribution in [0.25, 0.3) is 0 Å². The van der Waals surface area contributed by atoms with Crippen LogP contribution in [0.1, 0.15) is 50.3 Å². The van der Waals surface area contributed by atoms with E-state index in [1.165, 1.54) is 12.8 Å². The van der Waals surface area contributed by atoms with Gasteiger partial charge in [-0.05, 0) is 61.8 Å². The summed E-state index contributed by atoms with van der Waals surface area (Å²) in [5.41, 5.74) is 1.83. The number of benzene rings is 1. The Bertz CT molecular complexity index is 398. The second-order valence-electron chi connectivity index (χ2n) is 5.64. The van der Waals surface area contributed by atoms with E-state index in [1.54, 1.807) is 6.07 Å². The number of halogens is 1. The summed E-state index contributed by atoms with van der Waals surface area (Å²) >= 11 is 0. The van der Waals surface area contributed by atoms with Crippen molar-refractivity contribution < 1.29 is 4.39 Å². The first-order valence-electron chi connectivity index (χ1n) is 7.13. The Kier molecular flexibility index (Phi) is 4.39. The Hall–Kier alpha value is -0.890. The van der Waals surface area contributed by atoms with Crippen molar-refractivity contribution in [3.63, 3.8) is 0 Å². The first-order valence-corrected chi connectivity index (χ1v) is 7.13. The van der Waals surface area contributed by atoms with Crippen molar-refractivity contribution in [2.45, 2.75) is 46.1 Å². The Morgan fingerprint density at radius 2 is 2.11 bits per heavy atom. The zero-order valence-corrected chi connectivity index (χ0v) is 11.7. The molecule has 0 spiro atoms. The molecule has 1 saturated carbocycles. The Labute approximate surface area is 110 Å². The highest BCUT2D eigenvalue weighted by Gasteiger charge is 2.33. The Morgan fingerprint density at radius 1 is 1.39 bits per heavy atom. The molecule has 0 saturated heterocycles. The van der Waals surface area contributed by atoms with Gasteiger partial charge in [0.2, 0.25) is 0 Å². The molecule has 1 fully saturated rings. The molecule has 100 valence electrons. The summed E-state index contributed by atoms with van der Waals surface area (Å²) in [6, 6.07) is 5.98. The van der Waals surface area contributed by atoms with Gasteiger partial charge < -0.3 is 5.32 Å². The van der Waals surface area contributed by atoms with E-state index in [9.17, 15) is 4.39 Å². The van der Waals surface area contributed by atoms with Gasteiger partial charge in [0.15, 0.2) is 0 Å². The molecule has 18 heavy (non-hydrogen) atoms. The molecule has 0 bridgehead atoms. The fourth-order valence-corrected chi connectivity index (χ4v) is 2.60. The molecule has 1 aromatic carbocycles. The van der Waals surface area contributed by atoms with E-state index >= 15 is 0 Å². The van der Waals surface area contributed by atoms with Crippen LogP contribution in [0.4, 0.5) is 4.39 Å². The van der Waals surface area contributed by atoms with Crippen LogP contribution in [-0.2, 0) is 0 Å². The number of aryl methyl sites for hydroxylation is 1. The second-order valence-corrected chi connectivity index (χ2v) is 5.64. The number of hydrogen-bond acceptors (Lipinski definition) is 1. The van der Waals surface area contributed by atoms with Gasteiger partial charge in [-0.15, -0.1) is 0 Å². The molecule has 1 N–H and O–H groups in total. The zero-order chi connectivity index (χ0) is 13.1. The highest BCUT2D eigenvalue weighted by molar-refractivity contribution is 5.26. The van der Waals surface area contributed by atoms with Crippen LogP contribution < -0.4 is 5.32 Å². The molecule has 1 nitrogen and oxygen atoms in total. The van der Waals surface area contributed by atoms with Gasteiger partial charge in [0.1, 0.15) is 5.82 Å². The fraction of sp³-hybridized carbons (Fsp3) is 0.625. The van der Waals surface area contributed by atoms with E-state index in [-0.39, 0.29) is 5.82 Å². The SMILES string of the molecule is CCCNC(c1ccc(C)c(F)c1)C(C)C1CC1. The normalized spacial score (nSPS) is 18.7. The van der Waals surface area contributed by atoms with Crippen LogP contribution in [-0.4, -0.2) is 6.54 Å². The van der Waals surface area contributed by atoms with E-state index in [4.69, 9.17) is 0 Å². The third-order valence-corrected chi connectivity index (χ3v) is 4.06. The smallest absolute Gasteiger partial charge is 0.126 e. The molecule has 2 rings (SSSR count). The van der Waals surface area contributed by atoms with Crippen molar-refractivity contribution in [1.29, 1.82) is 0 Å². The van der Waals surface area contributed by atoms with Crippen molar-refractivity contribution in [3.05, 3.63) is 35.1 Å². The Morgan fingerprint density at radius 3 is 2.67 bits per heavy atom. The molecule has 0 aliphatic heterocycles. The summed E-state index contributed by atoms with van der Waals surface area (Å²) in [7, 11) is 0. The van der Waals surface area contributed by atoms with Crippen molar-refractivity contribution in [3.8, 4) is 0 Å². The van der Waals surface area contributed by atoms with E-state index < -0.39 is 0 Å². The predicted molar refractivity (Wildman–Crippen MR) is 74.1 cm³/mol. The quantitative estimate of drug-likeness (QED) is 0.796. The molecule has 0 amide bonds. The lowest BCUT2D eigenvalue weighted by atomic mass is 9.90. The minimum Gasteiger partial charge on any atom is -0.310 e. The first kappa shape index (κ1) is 13.5. The first-order chi connectivity index (χ1) is 8.63. The monoisotopic (exact) mass is 249 g/mol. The third-order valence-electron chi connectivity index (χ3n) is 4.06. The zero-order valence-electron chi connectivity index (χ0n) is 11.7. The molecule has 2 heteroatoms. The van der Waals surface area contributed by atoms with Crippen molar-refractivity contribution in [1.82, 2.24) is 5.32 Å². The molecule has 2 unspecified atom stereocenters. The molecule has 0 radical (unpaired) electrons. The van der Waals surface area contributed by atoms with Gasteiger partial charge in [-0.25, -0.2) is 4.39 Å². The minimum absolute atomic E-state index is 0.0844. The maximum Gasteiger partial charge on any atom is 0.126 e. The highest BCUT2D eigenvalue weighted by atomic mass is 19.1. The lowest BCUT2D eigenvalue weighted by molar-refractivity contribution is 0.349. The molecule has 1 aromatic rings. The summed E-state index contributed by atoms with van der Waals surface area (Å²) < 4.78 is 13.7. The topological polar surface area (TPSA) is 12.0 Å². The molecule has 1 aliphatic rings. The van der Waals surface area contributed by atoms with Crippen molar-refractivity contribution in [2.75, 3.05) is 6.54 Å². The second kappa shape index (κ2) is 5.83. The molecule has 0 aromatic heterocycles. The van der Waals surface area contributed by atoms with Crippen molar-refractivity contribution >= 4 is 0 Å². The summed E-state index contributed by atoms with van der Waals surface area (Å²) in [5, 5.41) is 3.59. The molecule has 0 heterocycles. The van der Waals surface area contributed by atoms with Crippen LogP contribution in [0.2, 0.25) is 0 Å². The van der Waals surface area contributed by atoms with Gasteiger partial charge in [0.25, 0.3) is 0 Å². The molecular formula is C16H24FN. The number of nitrogens with one attached hydrogen (secondary N) is 1. The largest absolute Gasteiger partial charge is 0.310 e. The van der Waals surface area contributed by atoms with Gasteiger partial charge in [0, 0.05) is 6.04 Å². The van der Waals surface area contributed by atoms with Gasteiger partial charge in [-0.3, -0.25) is 0 Å². The molecule has 2 atom stereocenters. The summed E-state index contributed by atoms with van der Waals surface area (Å²) in [5.74, 6) is 1.33. The van der Waals surface area contributed by atoms with Gasteiger partial charge in [0.05, 0.1) is 0 Å². The van der Waals surface area contributed by atoms with Crippen LogP contribution in [0, 0.1) is 24.6 Å². The third kappa shape index (κ3) is 3.11. The predicted octanol–water partition coefficient (Wildman–Crippen LogP) is 4.22. The number of rotatable bonds is 6. The van der Waals surface area contributed by atoms with E-state index in [0.29, 0.717) is 12.0 Å². The average Bonchev–Trinajstić information content (AvgIpc) is 3.18.